The number of rotatable bonds is 4. The molecule has 0 bridgehead atoms. The maximum atomic E-state index is 12.3. The summed E-state index contributed by atoms with van der Waals surface area (Å²) < 4.78 is 5.14. The number of nitrogens with one attached hydrogen (secondary N) is 1. The average Bonchev–Trinajstić information content (AvgIpc) is 2.57. The number of hydrogen-bond donors (Lipinski definition) is 2. The Morgan fingerprint density at radius 3 is 2.68 bits per heavy atom. The lowest BCUT2D eigenvalue weighted by molar-refractivity contribution is 0.0527. The maximum Gasteiger partial charge on any atom is 0.341 e. The van der Waals surface area contributed by atoms with E-state index in [-0.39, 0.29) is 12.4 Å². The fourth-order valence-electron chi connectivity index (χ4n) is 2.62. The highest BCUT2D eigenvalue weighted by Gasteiger charge is 2.18. The Hall–Kier alpha value is -2.79. The van der Waals surface area contributed by atoms with Gasteiger partial charge in [0.15, 0.2) is 0 Å². The topological polar surface area (TPSA) is 71.5 Å². The van der Waals surface area contributed by atoms with Crippen molar-refractivity contribution in [3.05, 3.63) is 58.7 Å². The van der Waals surface area contributed by atoms with Crippen LogP contribution in [0.2, 0.25) is 5.02 Å². The highest BCUT2D eigenvalue weighted by molar-refractivity contribution is 6.31. The maximum absolute atomic E-state index is 12.3. The summed E-state index contributed by atoms with van der Waals surface area (Å²) >= 11 is 6.21. The van der Waals surface area contributed by atoms with Gasteiger partial charge in [0, 0.05) is 22.3 Å². The zero-order valence-electron chi connectivity index (χ0n) is 13.8. The lowest BCUT2D eigenvalue weighted by Gasteiger charge is -2.15. The molecular weight excluding hydrogens is 340 g/mol. The molecular formula is C19H17ClN2O3. The number of phenols is 1. The van der Waals surface area contributed by atoms with E-state index in [1.54, 1.807) is 37.3 Å². The Morgan fingerprint density at radius 2 is 2.00 bits per heavy atom. The van der Waals surface area contributed by atoms with E-state index in [1.165, 1.54) is 6.20 Å². The molecule has 1 heterocycles. The van der Waals surface area contributed by atoms with Gasteiger partial charge in [-0.15, -0.1) is 0 Å². The van der Waals surface area contributed by atoms with Crippen molar-refractivity contribution in [2.45, 2.75) is 13.8 Å². The highest BCUT2D eigenvalue weighted by atomic mass is 35.5. The molecule has 3 rings (SSSR count). The predicted molar refractivity (Wildman–Crippen MR) is 98.8 cm³/mol. The van der Waals surface area contributed by atoms with Gasteiger partial charge in [0.1, 0.15) is 11.3 Å². The lowest BCUT2D eigenvalue weighted by Crippen LogP contribution is -2.09. The van der Waals surface area contributed by atoms with Crippen LogP contribution in [-0.4, -0.2) is 22.7 Å². The molecule has 25 heavy (non-hydrogen) atoms. The van der Waals surface area contributed by atoms with Crippen molar-refractivity contribution in [3.63, 3.8) is 0 Å². The summed E-state index contributed by atoms with van der Waals surface area (Å²) in [6.07, 6.45) is 1.50. The monoisotopic (exact) mass is 356 g/mol. The summed E-state index contributed by atoms with van der Waals surface area (Å²) in [5.74, 6) is -0.301. The van der Waals surface area contributed by atoms with Gasteiger partial charge in [0.2, 0.25) is 0 Å². The zero-order chi connectivity index (χ0) is 18.0. The summed E-state index contributed by atoms with van der Waals surface area (Å²) in [5, 5.41) is 14.0. The fourth-order valence-corrected chi connectivity index (χ4v) is 2.90. The standard InChI is InChI=1S/C19H17ClN2O3/c1-3-25-19(24)16-10-21-17-11(2)8-12(20)9-15(17)18(16)22-13-4-6-14(23)7-5-13/h4-10,23H,3H2,1-2H3,(H,21,22). The Labute approximate surface area is 150 Å². The quantitative estimate of drug-likeness (QED) is 0.518. The summed E-state index contributed by atoms with van der Waals surface area (Å²) in [4.78, 5) is 16.8. The molecule has 0 saturated heterocycles. The molecule has 0 aliphatic rings. The molecule has 0 aliphatic carbocycles. The van der Waals surface area contributed by atoms with E-state index in [0.717, 1.165) is 16.5 Å². The van der Waals surface area contributed by atoms with Crippen molar-refractivity contribution >= 4 is 39.8 Å². The number of benzene rings is 2. The molecule has 6 heteroatoms. The molecule has 0 saturated carbocycles. The minimum atomic E-state index is -0.462. The second kappa shape index (κ2) is 6.99. The van der Waals surface area contributed by atoms with E-state index >= 15 is 0 Å². The van der Waals surface area contributed by atoms with E-state index in [0.29, 0.717) is 22.0 Å². The molecule has 0 fully saturated rings. The van der Waals surface area contributed by atoms with Crippen LogP contribution in [0.1, 0.15) is 22.8 Å². The van der Waals surface area contributed by atoms with Crippen LogP contribution in [0.15, 0.2) is 42.6 Å². The summed E-state index contributed by atoms with van der Waals surface area (Å²) in [6.45, 7) is 3.93. The molecule has 1 aromatic heterocycles. The number of carbonyl (C=O) groups is 1. The van der Waals surface area contributed by atoms with Gasteiger partial charge in [-0.1, -0.05) is 11.6 Å². The summed E-state index contributed by atoms with van der Waals surface area (Å²) in [5.41, 5.74) is 3.27. The number of ether oxygens (including phenoxy) is 1. The molecule has 0 unspecified atom stereocenters. The largest absolute Gasteiger partial charge is 0.508 e. The van der Waals surface area contributed by atoms with Crippen LogP contribution in [-0.2, 0) is 4.74 Å². The first-order chi connectivity index (χ1) is 12.0. The van der Waals surface area contributed by atoms with Gasteiger partial charge in [-0.3, -0.25) is 4.98 Å². The number of hydrogen-bond acceptors (Lipinski definition) is 5. The van der Waals surface area contributed by atoms with E-state index < -0.39 is 5.97 Å². The first-order valence-electron chi connectivity index (χ1n) is 7.81. The SMILES string of the molecule is CCOC(=O)c1cnc2c(C)cc(Cl)cc2c1Nc1ccc(O)cc1. The van der Waals surface area contributed by atoms with Crippen molar-refractivity contribution in [1.29, 1.82) is 0 Å². The lowest BCUT2D eigenvalue weighted by atomic mass is 10.1. The first kappa shape index (κ1) is 17.0. The zero-order valence-corrected chi connectivity index (χ0v) is 14.6. The van der Waals surface area contributed by atoms with Crippen LogP contribution in [0.4, 0.5) is 11.4 Å². The molecule has 0 aliphatic heterocycles. The normalized spacial score (nSPS) is 10.7. The van der Waals surface area contributed by atoms with Gasteiger partial charge < -0.3 is 15.2 Å². The molecule has 0 amide bonds. The number of esters is 1. The van der Waals surface area contributed by atoms with Crippen LogP contribution in [0.5, 0.6) is 5.75 Å². The van der Waals surface area contributed by atoms with Crippen LogP contribution in [0, 0.1) is 6.92 Å². The van der Waals surface area contributed by atoms with Crippen molar-refractivity contribution in [2.24, 2.45) is 0 Å². The third-order valence-electron chi connectivity index (χ3n) is 3.76. The van der Waals surface area contributed by atoms with E-state index in [4.69, 9.17) is 16.3 Å². The number of pyridine rings is 1. The smallest absolute Gasteiger partial charge is 0.341 e. The third-order valence-corrected chi connectivity index (χ3v) is 3.98. The summed E-state index contributed by atoms with van der Waals surface area (Å²) in [7, 11) is 0. The number of anilines is 2. The van der Waals surface area contributed by atoms with Gasteiger partial charge in [0.25, 0.3) is 0 Å². The Bertz CT molecular complexity index is 940. The second-order valence-electron chi connectivity index (χ2n) is 5.56. The Balaban J connectivity index is 2.21. The minimum Gasteiger partial charge on any atom is -0.508 e. The number of fused-ring (bicyclic) bond motifs is 1. The number of phenolic OH excluding ortho intramolecular Hbond substituents is 1. The third kappa shape index (κ3) is 3.51. The minimum absolute atomic E-state index is 0.162. The molecule has 2 aromatic carbocycles. The second-order valence-corrected chi connectivity index (χ2v) is 5.99. The first-order valence-corrected chi connectivity index (χ1v) is 8.19. The molecule has 3 aromatic rings. The Kier molecular flexibility index (Phi) is 4.76. The highest BCUT2D eigenvalue weighted by Crippen LogP contribution is 2.33. The number of carbonyl (C=O) groups excluding carboxylic acids is 1. The molecule has 0 spiro atoms. The molecule has 0 atom stereocenters. The van der Waals surface area contributed by atoms with E-state index in [9.17, 15) is 9.90 Å². The molecule has 128 valence electrons. The Morgan fingerprint density at radius 1 is 1.28 bits per heavy atom. The van der Waals surface area contributed by atoms with Crippen LogP contribution < -0.4 is 5.32 Å². The van der Waals surface area contributed by atoms with Crippen molar-refractivity contribution in [2.75, 3.05) is 11.9 Å². The van der Waals surface area contributed by atoms with Gasteiger partial charge in [0.05, 0.1) is 17.8 Å². The van der Waals surface area contributed by atoms with Crippen molar-refractivity contribution in [3.8, 4) is 5.75 Å². The van der Waals surface area contributed by atoms with Gasteiger partial charge in [-0.05, 0) is 55.8 Å². The number of aryl methyl sites for hydroxylation is 1. The average molecular weight is 357 g/mol. The van der Waals surface area contributed by atoms with E-state index in [2.05, 4.69) is 10.3 Å². The predicted octanol–water partition coefficient (Wildman–Crippen LogP) is 4.82. The molecule has 2 N–H and O–H groups in total. The van der Waals surface area contributed by atoms with Crippen LogP contribution in [0.3, 0.4) is 0 Å². The van der Waals surface area contributed by atoms with E-state index in [1.807, 2.05) is 13.0 Å². The fraction of sp³-hybridized carbons (Fsp3) is 0.158. The van der Waals surface area contributed by atoms with Crippen LogP contribution >= 0.6 is 11.6 Å². The number of aromatic hydroxyl groups is 1. The molecule has 5 nitrogen and oxygen atoms in total. The van der Waals surface area contributed by atoms with Gasteiger partial charge >= 0.3 is 5.97 Å². The van der Waals surface area contributed by atoms with Crippen molar-refractivity contribution < 1.29 is 14.6 Å². The van der Waals surface area contributed by atoms with Crippen molar-refractivity contribution in [1.82, 2.24) is 4.98 Å². The van der Waals surface area contributed by atoms with Gasteiger partial charge in [-0.25, -0.2) is 4.79 Å². The number of nitrogens with zero attached hydrogens (tertiary/aromatic N) is 1. The summed E-state index contributed by atoms with van der Waals surface area (Å²) in [6, 6.07) is 10.2. The van der Waals surface area contributed by atoms with Crippen LogP contribution in [0.25, 0.3) is 10.9 Å². The number of halogens is 1. The molecule has 0 radical (unpaired) electrons. The number of aromatic nitrogens is 1. The van der Waals surface area contributed by atoms with Gasteiger partial charge in [-0.2, -0.15) is 0 Å².